The normalized spacial score (nSPS) is 10.7. The van der Waals surface area contributed by atoms with Crippen molar-refractivity contribution in [2.24, 2.45) is 0 Å². The van der Waals surface area contributed by atoms with Crippen LogP contribution in [0.4, 0.5) is 4.39 Å². The molecule has 0 saturated heterocycles. The Kier molecular flexibility index (Phi) is 5.25. The van der Waals surface area contributed by atoms with Gasteiger partial charge < -0.3 is 9.64 Å². The van der Waals surface area contributed by atoms with Gasteiger partial charge in [-0.25, -0.2) is 4.39 Å². The molecule has 0 aliphatic heterocycles. The van der Waals surface area contributed by atoms with Gasteiger partial charge in [0.1, 0.15) is 0 Å². The molecule has 1 aromatic carbocycles. The lowest BCUT2D eigenvalue weighted by molar-refractivity contribution is -0.125. The predicted molar refractivity (Wildman–Crippen MR) is 82.7 cm³/mol. The zero-order valence-corrected chi connectivity index (χ0v) is 12.5. The monoisotopic (exact) mass is 300 g/mol. The first-order valence-corrected chi connectivity index (χ1v) is 6.76. The second kappa shape index (κ2) is 7.36. The van der Waals surface area contributed by atoms with Crippen LogP contribution in [0.5, 0.6) is 5.75 Å². The standard InChI is InChI=1S/C17H17FN2O2/c1-20(12-14-7-9-19-10-8-14)17(21)6-4-13-3-5-16(22-2)15(18)11-13/h3-11H,12H2,1-2H3/b6-4+. The fraction of sp³-hybridized carbons (Fsp3) is 0.176. The van der Waals surface area contributed by atoms with Gasteiger partial charge in [0.05, 0.1) is 7.11 Å². The number of ether oxygens (including phenoxy) is 1. The summed E-state index contributed by atoms with van der Waals surface area (Å²) in [5.41, 5.74) is 1.60. The Hall–Kier alpha value is -2.69. The van der Waals surface area contributed by atoms with Crippen LogP contribution in [0.1, 0.15) is 11.1 Å². The number of likely N-dealkylation sites (N-methyl/N-ethyl adjacent to an activating group) is 1. The highest BCUT2D eigenvalue weighted by molar-refractivity contribution is 5.91. The minimum absolute atomic E-state index is 0.159. The minimum atomic E-state index is -0.456. The molecule has 0 fully saturated rings. The molecule has 0 bridgehead atoms. The van der Waals surface area contributed by atoms with Gasteiger partial charge in [-0.3, -0.25) is 9.78 Å². The van der Waals surface area contributed by atoms with Gasteiger partial charge in [0.2, 0.25) is 5.91 Å². The maximum atomic E-state index is 13.6. The van der Waals surface area contributed by atoms with Crippen molar-refractivity contribution in [1.29, 1.82) is 0 Å². The summed E-state index contributed by atoms with van der Waals surface area (Å²) in [6, 6.07) is 8.25. The summed E-state index contributed by atoms with van der Waals surface area (Å²) in [5.74, 6) is -0.437. The van der Waals surface area contributed by atoms with Gasteiger partial charge in [-0.05, 0) is 41.5 Å². The van der Waals surface area contributed by atoms with Crippen LogP contribution >= 0.6 is 0 Å². The van der Waals surface area contributed by atoms with Crippen molar-refractivity contribution in [2.75, 3.05) is 14.2 Å². The average molecular weight is 300 g/mol. The minimum Gasteiger partial charge on any atom is -0.494 e. The maximum Gasteiger partial charge on any atom is 0.246 e. The molecule has 0 atom stereocenters. The quantitative estimate of drug-likeness (QED) is 0.797. The zero-order valence-electron chi connectivity index (χ0n) is 12.5. The smallest absolute Gasteiger partial charge is 0.246 e. The van der Waals surface area contributed by atoms with E-state index in [9.17, 15) is 9.18 Å². The number of carbonyl (C=O) groups is 1. The SMILES string of the molecule is COc1ccc(/C=C/C(=O)N(C)Cc2ccncc2)cc1F. The highest BCUT2D eigenvalue weighted by atomic mass is 19.1. The maximum absolute atomic E-state index is 13.6. The topological polar surface area (TPSA) is 42.4 Å². The Bertz CT molecular complexity index is 672. The molecule has 5 heteroatoms. The van der Waals surface area contributed by atoms with Gasteiger partial charge in [-0.2, -0.15) is 0 Å². The lowest BCUT2D eigenvalue weighted by Crippen LogP contribution is -2.24. The zero-order chi connectivity index (χ0) is 15.9. The number of amides is 1. The van der Waals surface area contributed by atoms with E-state index in [1.165, 1.54) is 25.3 Å². The summed E-state index contributed by atoms with van der Waals surface area (Å²) >= 11 is 0. The number of hydrogen-bond acceptors (Lipinski definition) is 3. The molecule has 4 nitrogen and oxygen atoms in total. The van der Waals surface area contributed by atoms with Gasteiger partial charge in [0, 0.05) is 32.1 Å². The van der Waals surface area contributed by atoms with E-state index < -0.39 is 5.82 Å². The number of benzene rings is 1. The molecule has 0 spiro atoms. The summed E-state index contributed by atoms with van der Waals surface area (Å²) < 4.78 is 18.4. The van der Waals surface area contributed by atoms with Crippen molar-refractivity contribution in [2.45, 2.75) is 6.54 Å². The van der Waals surface area contributed by atoms with Gasteiger partial charge in [0.15, 0.2) is 11.6 Å². The molecule has 1 aromatic heterocycles. The van der Waals surface area contributed by atoms with E-state index in [4.69, 9.17) is 4.74 Å². The Balaban J connectivity index is 2.00. The summed E-state index contributed by atoms with van der Waals surface area (Å²) in [4.78, 5) is 17.5. The van der Waals surface area contributed by atoms with E-state index in [1.807, 2.05) is 12.1 Å². The predicted octanol–water partition coefficient (Wildman–Crippen LogP) is 2.90. The average Bonchev–Trinajstić information content (AvgIpc) is 2.53. The molecule has 0 aliphatic carbocycles. The molecule has 2 aromatic rings. The largest absolute Gasteiger partial charge is 0.494 e. The van der Waals surface area contributed by atoms with Crippen LogP contribution in [0, 0.1) is 5.82 Å². The Morgan fingerprint density at radius 3 is 2.68 bits per heavy atom. The highest BCUT2D eigenvalue weighted by Crippen LogP contribution is 2.18. The number of rotatable bonds is 5. The molecule has 2 rings (SSSR count). The van der Waals surface area contributed by atoms with Crippen LogP contribution < -0.4 is 4.74 Å². The number of hydrogen-bond donors (Lipinski definition) is 0. The lowest BCUT2D eigenvalue weighted by atomic mass is 10.2. The molecule has 1 heterocycles. The lowest BCUT2D eigenvalue weighted by Gasteiger charge is -2.14. The third-order valence-electron chi connectivity index (χ3n) is 3.14. The van der Waals surface area contributed by atoms with Crippen molar-refractivity contribution in [3.8, 4) is 5.75 Å². The van der Waals surface area contributed by atoms with Crippen LogP contribution in [0.2, 0.25) is 0 Å². The van der Waals surface area contributed by atoms with Gasteiger partial charge >= 0.3 is 0 Å². The van der Waals surface area contributed by atoms with Crippen LogP contribution in [-0.4, -0.2) is 29.9 Å². The molecule has 0 N–H and O–H groups in total. The fourth-order valence-electron chi connectivity index (χ4n) is 1.92. The van der Waals surface area contributed by atoms with Gasteiger partial charge in [-0.15, -0.1) is 0 Å². The van der Waals surface area contributed by atoms with Crippen LogP contribution in [0.25, 0.3) is 6.08 Å². The van der Waals surface area contributed by atoms with E-state index in [0.29, 0.717) is 12.1 Å². The van der Waals surface area contributed by atoms with Crippen LogP contribution in [0.15, 0.2) is 48.8 Å². The first-order chi connectivity index (χ1) is 10.6. The number of halogens is 1. The number of pyridine rings is 1. The summed E-state index contributed by atoms with van der Waals surface area (Å²) in [6.45, 7) is 0.489. The summed E-state index contributed by atoms with van der Waals surface area (Å²) in [6.07, 6.45) is 6.36. The third-order valence-corrected chi connectivity index (χ3v) is 3.14. The van der Waals surface area contributed by atoms with Crippen molar-refractivity contribution < 1.29 is 13.9 Å². The Labute approximate surface area is 128 Å². The Morgan fingerprint density at radius 1 is 1.32 bits per heavy atom. The van der Waals surface area contributed by atoms with Gasteiger partial charge in [0.25, 0.3) is 0 Å². The summed E-state index contributed by atoms with van der Waals surface area (Å²) in [7, 11) is 3.12. The van der Waals surface area contributed by atoms with E-state index in [-0.39, 0.29) is 11.7 Å². The molecule has 0 aliphatic rings. The molecular weight excluding hydrogens is 283 g/mol. The van der Waals surface area contributed by atoms with E-state index in [0.717, 1.165) is 5.56 Å². The number of nitrogens with zero attached hydrogens (tertiary/aromatic N) is 2. The fourth-order valence-corrected chi connectivity index (χ4v) is 1.92. The molecular formula is C17H17FN2O2. The molecule has 1 amide bonds. The number of methoxy groups -OCH3 is 1. The molecule has 22 heavy (non-hydrogen) atoms. The van der Waals surface area contributed by atoms with Crippen LogP contribution in [0.3, 0.4) is 0 Å². The molecule has 0 unspecified atom stereocenters. The molecule has 0 saturated carbocycles. The highest BCUT2D eigenvalue weighted by Gasteiger charge is 2.06. The number of carbonyl (C=O) groups excluding carboxylic acids is 1. The van der Waals surface area contributed by atoms with E-state index in [2.05, 4.69) is 4.98 Å². The van der Waals surface area contributed by atoms with E-state index >= 15 is 0 Å². The second-order valence-corrected chi connectivity index (χ2v) is 4.78. The van der Waals surface area contributed by atoms with Gasteiger partial charge in [-0.1, -0.05) is 6.07 Å². The second-order valence-electron chi connectivity index (χ2n) is 4.78. The molecule has 0 radical (unpaired) electrons. The summed E-state index contributed by atoms with van der Waals surface area (Å²) in [5, 5.41) is 0. The number of aromatic nitrogens is 1. The van der Waals surface area contributed by atoms with Crippen molar-refractivity contribution in [1.82, 2.24) is 9.88 Å². The first kappa shape index (κ1) is 15.7. The first-order valence-electron chi connectivity index (χ1n) is 6.76. The van der Waals surface area contributed by atoms with Crippen molar-refractivity contribution >= 4 is 12.0 Å². The van der Waals surface area contributed by atoms with Crippen LogP contribution in [-0.2, 0) is 11.3 Å². The molecule has 114 valence electrons. The van der Waals surface area contributed by atoms with E-state index in [1.54, 1.807) is 36.5 Å². The Morgan fingerprint density at radius 2 is 2.05 bits per heavy atom. The van der Waals surface area contributed by atoms with Crippen molar-refractivity contribution in [3.05, 3.63) is 65.7 Å². The van der Waals surface area contributed by atoms with Crippen molar-refractivity contribution in [3.63, 3.8) is 0 Å². The third kappa shape index (κ3) is 4.15.